The summed E-state index contributed by atoms with van der Waals surface area (Å²) in [5, 5.41) is 6.49. The van der Waals surface area contributed by atoms with Crippen LogP contribution in [0.2, 0.25) is 0 Å². The van der Waals surface area contributed by atoms with E-state index < -0.39 is 0 Å². The van der Waals surface area contributed by atoms with Crippen molar-refractivity contribution < 1.29 is 9.53 Å². The Hall–Kier alpha value is -0.610. The van der Waals surface area contributed by atoms with E-state index in [1.54, 1.807) is 0 Å². The molecule has 0 aromatic carbocycles. The van der Waals surface area contributed by atoms with E-state index in [4.69, 9.17) is 4.74 Å². The third-order valence-corrected chi connectivity index (χ3v) is 3.95. The molecule has 2 fully saturated rings. The molecule has 4 nitrogen and oxygen atoms in total. The average Bonchev–Trinajstić information content (AvgIpc) is 2.74. The number of carbonyl (C=O) groups excluding carboxylic acids is 1. The summed E-state index contributed by atoms with van der Waals surface area (Å²) in [5.74, 6) is 0.710. The molecule has 0 bridgehead atoms. The van der Waals surface area contributed by atoms with Crippen molar-refractivity contribution in [1.82, 2.24) is 10.6 Å². The fourth-order valence-electron chi connectivity index (χ4n) is 2.71. The number of rotatable bonds is 3. The second kappa shape index (κ2) is 5.83. The van der Waals surface area contributed by atoms with Crippen LogP contribution >= 0.6 is 0 Å². The van der Waals surface area contributed by atoms with Gasteiger partial charge in [-0.3, -0.25) is 4.79 Å². The number of piperidine rings is 1. The Balaban J connectivity index is 1.72. The zero-order valence-electron chi connectivity index (χ0n) is 10.9. The van der Waals surface area contributed by atoms with Crippen molar-refractivity contribution in [2.24, 2.45) is 5.92 Å². The molecular weight excluding hydrogens is 216 g/mol. The first kappa shape index (κ1) is 12.8. The van der Waals surface area contributed by atoms with E-state index in [2.05, 4.69) is 17.6 Å². The highest BCUT2D eigenvalue weighted by atomic mass is 16.5. The smallest absolute Gasteiger partial charge is 0.249 e. The van der Waals surface area contributed by atoms with Gasteiger partial charge in [0.2, 0.25) is 5.91 Å². The van der Waals surface area contributed by atoms with Crippen molar-refractivity contribution in [1.29, 1.82) is 0 Å². The van der Waals surface area contributed by atoms with Gasteiger partial charge in [0.1, 0.15) is 6.10 Å². The van der Waals surface area contributed by atoms with Crippen molar-refractivity contribution in [3.63, 3.8) is 0 Å². The van der Waals surface area contributed by atoms with Gasteiger partial charge < -0.3 is 15.4 Å². The van der Waals surface area contributed by atoms with E-state index >= 15 is 0 Å². The SMILES string of the molecule is CC1CCC(C(=O)NCC2NCCCC2C)O1. The van der Waals surface area contributed by atoms with E-state index in [-0.39, 0.29) is 18.1 Å². The zero-order valence-corrected chi connectivity index (χ0v) is 10.9. The standard InChI is InChI=1S/C13H24N2O2/c1-9-4-3-7-14-11(9)8-15-13(16)12-6-5-10(2)17-12/h9-12,14H,3-8H2,1-2H3,(H,15,16). The normalized spacial score (nSPS) is 38.0. The minimum atomic E-state index is -0.219. The van der Waals surface area contributed by atoms with E-state index in [0.717, 1.165) is 25.9 Å². The van der Waals surface area contributed by atoms with Crippen LogP contribution in [0.5, 0.6) is 0 Å². The summed E-state index contributed by atoms with van der Waals surface area (Å²) in [7, 11) is 0. The van der Waals surface area contributed by atoms with Gasteiger partial charge >= 0.3 is 0 Å². The number of hydrogen-bond donors (Lipinski definition) is 2. The number of hydrogen-bond acceptors (Lipinski definition) is 3. The monoisotopic (exact) mass is 240 g/mol. The molecule has 2 saturated heterocycles. The molecule has 4 atom stereocenters. The molecule has 2 rings (SSSR count). The molecule has 0 radical (unpaired) electrons. The number of nitrogens with one attached hydrogen (secondary N) is 2. The van der Waals surface area contributed by atoms with Crippen LogP contribution in [0.1, 0.15) is 39.5 Å². The lowest BCUT2D eigenvalue weighted by molar-refractivity contribution is -0.131. The van der Waals surface area contributed by atoms with Crippen molar-refractivity contribution in [3.8, 4) is 0 Å². The Morgan fingerprint density at radius 2 is 2.18 bits per heavy atom. The summed E-state index contributed by atoms with van der Waals surface area (Å²) in [5.41, 5.74) is 0. The van der Waals surface area contributed by atoms with Crippen LogP contribution in [0.25, 0.3) is 0 Å². The van der Waals surface area contributed by atoms with Gasteiger partial charge in [-0.1, -0.05) is 6.92 Å². The second-order valence-corrected chi connectivity index (χ2v) is 5.44. The molecule has 2 N–H and O–H groups in total. The fraction of sp³-hybridized carbons (Fsp3) is 0.923. The summed E-state index contributed by atoms with van der Waals surface area (Å²) in [4.78, 5) is 11.9. The molecule has 0 aromatic heterocycles. The summed E-state index contributed by atoms with van der Waals surface area (Å²) < 4.78 is 5.56. The molecule has 17 heavy (non-hydrogen) atoms. The summed E-state index contributed by atoms with van der Waals surface area (Å²) in [6, 6.07) is 0.423. The highest BCUT2D eigenvalue weighted by Gasteiger charge is 2.29. The van der Waals surface area contributed by atoms with Gasteiger partial charge in [0.15, 0.2) is 0 Å². The molecule has 2 heterocycles. The van der Waals surface area contributed by atoms with Gasteiger partial charge in [-0.25, -0.2) is 0 Å². The van der Waals surface area contributed by atoms with Crippen LogP contribution in [0.15, 0.2) is 0 Å². The minimum absolute atomic E-state index is 0.0638. The first-order valence-electron chi connectivity index (χ1n) is 6.83. The van der Waals surface area contributed by atoms with Crippen LogP contribution in [0.4, 0.5) is 0 Å². The van der Waals surface area contributed by atoms with Crippen molar-refractivity contribution in [2.45, 2.75) is 57.8 Å². The van der Waals surface area contributed by atoms with Crippen LogP contribution in [0, 0.1) is 5.92 Å². The third-order valence-electron chi connectivity index (χ3n) is 3.95. The molecule has 0 spiro atoms. The number of amides is 1. The van der Waals surface area contributed by atoms with Crippen LogP contribution < -0.4 is 10.6 Å². The Labute approximate surface area is 103 Å². The lowest BCUT2D eigenvalue weighted by Gasteiger charge is -2.30. The van der Waals surface area contributed by atoms with Crippen molar-refractivity contribution in [3.05, 3.63) is 0 Å². The Morgan fingerprint density at radius 3 is 2.82 bits per heavy atom. The average molecular weight is 240 g/mol. The van der Waals surface area contributed by atoms with E-state index in [9.17, 15) is 4.79 Å². The van der Waals surface area contributed by atoms with Crippen LogP contribution in [0.3, 0.4) is 0 Å². The Bertz CT molecular complexity index is 270. The van der Waals surface area contributed by atoms with Crippen LogP contribution in [-0.4, -0.2) is 37.2 Å². The van der Waals surface area contributed by atoms with E-state index in [1.165, 1.54) is 12.8 Å². The van der Waals surface area contributed by atoms with Gasteiger partial charge in [0.25, 0.3) is 0 Å². The third kappa shape index (κ3) is 3.42. The van der Waals surface area contributed by atoms with Gasteiger partial charge in [-0.05, 0) is 45.1 Å². The van der Waals surface area contributed by atoms with Gasteiger partial charge in [0, 0.05) is 12.6 Å². The molecule has 2 aliphatic rings. The first-order chi connectivity index (χ1) is 8.16. The maximum absolute atomic E-state index is 11.9. The maximum Gasteiger partial charge on any atom is 0.249 e. The second-order valence-electron chi connectivity index (χ2n) is 5.44. The molecule has 0 saturated carbocycles. The molecule has 4 heteroatoms. The topological polar surface area (TPSA) is 50.4 Å². The lowest BCUT2D eigenvalue weighted by Crippen LogP contribution is -2.49. The molecular formula is C13H24N2O2. The lowest BCUT2D eigenvalue weighted by atomic mass is 9.93. The van der Waals surface area contributed by atoms with Crippen molar-refractivity contribution in [2.75, 3.05) is 13.1 Å². The predicted molar refractivity (Wildman–Crippen MR) is 66.8 cm³/mol. The highest BCUT2D eigenvalue weighted by molar-refractivity contribution is 5.81. The molecule has 4 unspecified atom stereocenters. The quantitative estimate of drug-likeness (QED) is 0.775. The summed E-state index contributed by atoms with van der Waals surface area (Å²) in [6.07, 6.45) is 4.37. The van der Waals surface area contributed by atoms with E-state index in [0.29, 0.717) is 12.0 Å². The Kier molecular flexibility index (Phi) is 4.40. The Morgan fingerprint density at radius 1 is 1.35 bits per heavy atom. The van der Waals surface area contributed by atoms with E-state index in [1.807, 2.05) is 6.92 Å². The van der Waals surface area contributed by atoms with Crippen LogP contribution in [-0.2, 0) is 9.53 Å². The van der Waals surface area contributed by atoms with Crippen molar-refractivity contribution >= 4 is 5.91 Å². The molecule has 1 amide bonds. The minimum Gasteiger partial charge on any atom is -0.365 e. The predicted octanol–water partition coefficient (Wildman–Crippen LogP) is 1.06. The number of carbonyl (C=O) groups is 1. The highest BCUT2D eigenvalue weighted by Crippen LogP contribution is 2.19. The molecule has 0 aromatic rings. The fourth-order valence-corrected chi connectivity index (χ4v) is 2.71. The molecule has 2 aliphatic heterocycles. The summed E-state index contributed by atoms with van der Waals surface area (Å²) in [6.45, 7) is 6.07. The molecule has 0 aliphatic carbocycles. The zero-order chi connectivity index (χ0) is 12.3. The first-order valence-corrected chi connectivity index (χ1v) is 6.83. The van der Waals surface area contributed by atoms with Gasteiger partial charge in [-0.2, -0.15) is 0 Å². The maximum atomic E-state index is 11.9. The molecule has 98 valence electrons. The summed E-state index contributed by atoms with van der Waals surface area (Å²) >= 11 is 0. The number of ether oxygens (including phenoxy) is 1. The van der Waals surface area contributed by atoms with Gasteiger partial charge in [-0.15, -0.1) is 0 Å². The van der Waals surface area contributed by atoms with Gasteiger partial charge in [0.05, 0.1) is 6.10 Å². The largest absolute Gasteiger partial charge is 0.365 e.